The molecular weight excluding hydrogens is 392 g/mol. The number of aliphatic hydroxyl groups is 2. The number of amides is 3. The molecule has 2 aliphatic heterocycles. The molecule has 30 heavy (non-hydrogen) atoms. The zero-order valence-electron chi connectivity index (χ0n) is 17.7. The van der Waals surface area contributed by atoms with Gasteiger partial charge in [0.05, 0.1) is 19.5 Å². The number of hydrogen-bond donors (Lipinski definition) is 5. The predicted molar refractivity (Wildman–Crippen MR) is 109 cm³/mol. The summed E-state index contributed by atoms with van der Waals surface area (Å²) in [6.07, 6.45) is 0.0458. The second-order valence-corrected chi connectivity index (χ2v) is 9.11. The quantitative estimate of drug-likeness (QED) is 0.167. The summed E-state index contributed by atoms with van der Waals surface area (Å²) < 4.78 is 1.41. The highest BCUT2D eigenvalue weighted by molar-refractivity contribution is 5.74. The number of rotatable bonds is 15. The van der Waals surface area contributed by atoms with Gasteiger partial charge in [-0.25, -0.2) is 0 Å². The van der Waals surface area contributed by atoms with Crippen LogP contribution in [0.1, 0.15) is 19.3 Å². The van der Waals surface area contributed by atoms with Gasteiger partial charge >= 0.3 is 0 Å². The van der Waals surface area contributed by atoms with Gasteiger partial charge in [-0.05, 0) is 0 Å². The first-order valence-electron chi connectivity index (χ1n) is 10.7. The van der Waals surface area contributed by atoms with Crippen LogP contribution >= 0.6 is 0 Å². The average molecular weight is 431 g/mol. The Labute approximate surface area is 177 Å². The maximum atomic E-state index is 11.2. The summed E-state index contributed by atoms with van der Waals surface area (Å²) in [6, 6.07) is 0. The number of primary amides is 3. The Morgan fingerprint density at radius 2 is 1.07 bits per heavy atom. The normalized spacial score (nSPS) is 30.5. The van der Waals surface area contributed by atoms with Crippen molar-refractivity contribution < 1.29 is 33.6 Å². The molecule has 8 N–H and O–H groups in total. The van der Waals surface area contributed by atoms with Crippen molar-refractivity contribution in [2.75, 3.05) is 72.0 Å². The zero-order chi connectivity index (χ0) is 22.4. The minimum absolute atomic E-state index is 0.215. The van der Waals surface area contributed by atoms with Crippen LogP contribution in [-0.4, -0.2) is 126 Å². The molecule has 0 bridgehead atoms. The van der Waals surface area contributed by atoms with Gasteiger partial charge in [0, 0.05) is 32.5 Å². The van der Waals surface area contributed by atoms with Crippen molar-refractivity contribution in [2.45, 2.75) is 31.5 Å². The van der Waals surface area contributed by atoms with Crippen LogP contribution in [0.4, 0.5) is 0 Å². The smallest absolute Gasteiger partial charge is 0.223 e. The molecule has 0 spiro atoms. The topological polar surface area (TPSA) is 173 Å². The van der Waals surface area contributed by atoms with E-state index in [0.717, 1.165) is 24.1 Å². The number of nitrogens with two attached hydrogens (primary N) is 3. The molecule has 2 saturated heterocycles. The van der Waals surface area contributed by atoms with E-state index in [2.05, 4.69) is 0 Å². The van der Waals surface area contributed by atoms with Crippen molar-refractivity contribution in [3.8, 4) is 0 Å². The molecule has 172 valence electrons. The van der Waals surface area contributed by atoms with E-state index in [4.69, 9.17) is 17.2 Å². The lowest BCUT2D eigenvalue weighted by Gasteiger charge is -2.53. The molecule has 0 radical (unpaired) electrons. The van der Waals surface area contributed by atoms with Gasteiger partial charge in [0.15, 0.2) is 12.2 Å². The lowest BCUT2D eigenvalue weighted by atomic mass is 10.0. The molecule has 11 nitrogen and oxygen atoms in total. The molecule has 2 heterocycles. The molecule has 3 amide bonds. The van der Waals surface area contributed by atoms with E-state index in [1.165, 1.54) is 0 Å². The fourth-order valence-corrected chi connectivity index (χ4v) is 4.63. The second kappa shape index (κ2) is 10.5. The summed E-state index contributed by atoms with van der Waals surface area (Å²) in [4.78, 5) is 35.5. The molecule has 0 aromatic heterocycles. The highest BCUT2D eigenvalue weighted by Crippen LogP contribution is 2.26. The highest BCUT2D eigenvalue weighted by atomic mass is 16.3. The Bertz CT molecular complexity index is 601. The van der Waals surface area contributed by atoms with Crippen molar-refractivity contribution in [3.63, 3.8) is 0 Å². The molecular formula is C19H38N6O5+2. The average Bonchev–Trinajstić information content (AvgIpc) is 2.60. The number of quaternary nitrogens is 2. The van der Waals surface area contributed by atoms with Gasteiger partial charge in [0.25, 0.3) is 0 Å². The maximum absolute atomic E-state index is 11.2. The molecule has 2 fully saturated rings. The van der Waals surface area contributed by atoms with Gasteiger partial charge in [-0.1, -0.05) is 0 Å². The monoisotopic (exact) mass is 430 g/mol. The van der Waals surface area contributed by atoms with E-state index in [1.54, 1.807) is 0 Å². The van der Waals surface area contributed by atoms with Crippen LogP contribution in [0, 0.1) is 0 Å². The fourth-order valence-electron chi connectivity index (χ4n) is 4.63. The molecule has 0 aromatic carbocycles. The Morgan fingerprint density at radius 1 is 0.667 bits per heavy atom. The third kappa shape index (κ3) is 7.47. The molecule has 0 unspecified atom stereocenters. The summed E-state index contributed by atoms with van der Waals surface area (Å²) in [5.74, 6) is -1.11. The summed E-state index contributed by atoms with van der Waals surface area (Å²) in [5.41, 5.74) is 15.8. The zero-order valence-corrected chi connectivity index (χ0v) is 17.7. The Hall–Kier alpha value is -1.79. The number of carbonyl (C=O) groups is 3. The van der Waals surface area contributed by atoms with Gasteiger partial charge in [-0.2, -0.15) is 0 Å². The van der Waals surface area contributed by atoms with Crippen LogP contribution in [0.2, 0.25) is 0 Å². The molecule has 11 heteroatoms. The van der Waals surface area contributed by atoms with Crippen molar-refractivity contribution in [1.29, 1.82) is 0 Å². The molecule has 2 aliphatic rings. The number of likely N-dealkylation sites (tertiary alicyclic amines) is 2. The largest absolute Gasteiger partial charge is 0.382 e. The van der Waals surface area contributed by atoms with Gasteiger partial charge < -0.3 is 36.4 Å². The summed E-state index contributed by atoms with van der Waals surface area (Å²) in [7, 11) is 0. The number of aliphatic hydroxyl groups excluding tert-OH is 2. The maximum Gasteiger partial charge on any atom is 0.223 e. The lowest BCUT2D eigenvalue weighted by Crippen LogP contribution is -2.74. The Kier molecular flexibility index (Phi) is 8.56. The Morgan fingerprint density at radius 3 is 1.43 bits per heavy atom. The SMILES string of the molecule is NC(=O)CCN(CCC(N)=O)CC[N+]1(CC[N+]2(CCC(N)=O)CC(O)C2)CC(O)C1. The van der Waals surface area contributed by atoms with E-state index in [-0.39, 0.29) is 42.8 Å². The number of nitrogens with zero attached hydrogens (tertiary/aromatic N) is 3. The van der Waals surface area contributed by atoms with Crippen molar-refractivity contribution in [3.05, 3.63) is 0 Å². The molecule has 0 aromatic rings. The van der Waals surface area contributed by atoms with Gasteiger partial charge in [-0.15, -0.1) is 0 Å². The van der Waals surface area contributed by atoms with E-state index >= 15 is 0 Å². The standard InChI is InChI=1S/C19H36N6O5/c20-17(28)1-4-23(5-2-18(21)29)6-8-25(13-16(27)14-25)10-9-24(7-3-19(22)30)11-15(26)12-24/h15-16,26-27H,1-14H2,(H4-2,20,21,22,28,29,30)/p+2. The van der Waals surface area contributed by atoms with Crippen molar-refractivity contribution in [2.24, 2.45) is 17.2 Å². The summed E-state index contributed by atoms with van der Waals surface area (Å²) in [6.45, 7) is 7.17. The van der Waals surface area contributed by atoms with E-state index in [1.807, 2.05) is 4.90 Å². The third-order valence-electron chi connectivity index (χ3n) is 6.51. The summed E-state index contributed by atoms with van der Waals surface area (Å²) in [5, 5.41) is 19.8. The van der Waals surface area contributed by atoms with Crippen LogP contribution in [0.3, 0.4) is 0 Å². The van der Waals surface area contributed by atoms with Gasteiger partial charge in [0.1, 0.15) is 39.3 Å². The van der Waals surface area contributed by atoms with Gasteiger partial charge in [0.2, 0.25) is 17.7 Å². The second-order valence-electron chi connectivity index (χ2n) is 9.11. The first-order valence-corrected chi connectivity index (χ1v) is 10.7. The van der Waals surface area contributed by atoms with Crippen LogP contribution in [0.5, 0.6) is 0 Å². The molecule has 2 rings (SSSR count). The van der Waals surface area contributed by atoms with Crippen LogP contribution in [0.25, 0.3) is 0 Å². The van der Waals surface area contributed by atoms with Crippen LogP contribution < -0.4 is 17.2 Å². The molecule has 0 aliphatic carbocycles. The number of hydrogen-bond acceptors (Lipinski definition) is 6. The lowest BCUT2D eigenvalue weighted by molar-refractivity contribution is -1.02. The first kappa shape index (κ1) is 24.5. The predicted octanol–water partition coefficient (Wildman–Crippen LogP) is -3.70. The van der Waals surface area contributed by atoms with E-state index in [0.29, 0.717) is 63.3 Å². The molecule has 0 saturated carbocycles. The third-order valence-corrected chi connectivity index (χ3v) is 6.51. The first-order chi connectivity index (χ1) is 14.0. The number of carbonyl (C=O) groups excluding carboxylic acids is 3. The van der Waals surface area contributed by atoms with Crippen molar-refractivity contribution in [1.82, 2.24) is 4.90 Å². The summed E-state index contributed by atoms with van der Waals surface area (Å²) >= 11 is 0. The highest BCUT2D eigenvalue weighted by Gasteiger charge is 2.48. The molecule has 0 atom stereocenters. The minimum atomic E-state index is -0.389. The minimum Gasteiger partial charge on any atom is -0.382 e. The van der Waals surface area contributed by atoms with Crippen LogP contribution in [-0.2, 0) is 14.4 Å². The van der Waals surface area contributed by atoms with E-state index in [9.17, 15) is 24.6 Å². The fraction of sp³-hybridized carbons (Fsp3) is 0.842. The van der Waals surface area contributed by atoms with E-state index < -0.39 is 0 Å². The Balaban J connectivity index is 1.92. The van der Waals surface area contributed by atoms with Crippen LogP contribution in [0.15, 0.2) is 0 Å². The van der Waals surface area contributed by atoms with Crippen molar-refractivity contribution >= 4 is 17.7 Å². The van der Waals surface area contributed by atoms with Gasteiger partial charge in [-0.3, -0.25) is 19.3 Å².